The quantitative estimate of drug-likeness (QED) is 0.522. The number of carbonyl (C=O) groups is 1. The van der Waals surface area contributed by atoms with Gasteiger partial charge in [-0.25, -0.2) is 0 Å². The highest BCUT2D eigenvalue weighted by molar-refractivity contribution is 5.85. The van der Waals surface area contributed by atoms with Crippen LogP contribution >= 0.6 is 12.4 Å². The first-order chi connectivity index (χ1) is 8.79. The molecule has 4 nitrogen and oxygen atoms in total. The average Bonchev–Trinajstić information content (AvgIpc) is 2.89. The van der Waals surface area contributed by atoms with E-state index >= 15 is 0 Å². The third-order valence-electron chi connectivity index (χ3n) is 3.17. The minimum absolute atomic E-state index is 0. The highest BCUT2D eigenvalue weighted by Gasteiger charge is 2.25. The van der Waals surface area contributed by atoms with Crippen LogP contribution < -0.4 is 5.32 Å². The normalized spacial score (nSPS) is 17.8. The summed E-state index contributed by atoms with van der Waals surface area (Å²) in [6, 6.07) is 0.395. The zero-order chi connectivity index (χ0) is 13.2. The molecule has 1 heterocycles. The summed E-state index contributed by atoms with van der Waals surface area (Å²) in [6.07, 6.45) is 5.23. The second-order valence-electron chi connectivity index (χ2n) is 4.70. The molecule has 19 heavy (non-hydrogen) atoms. The number of nitrogens with zero attached hydrogens (tertiary/aromatic N) is 1. The molecule has 0 aliphatic carbocycles. The predicted molar refractivity (Wildman–Crippen MR) is 80.8 cm³/mol. The minimum Gasteiger partial charge on any atom is -0.377 e. The van der Waals surface area contributed by atoms with Crippen molar-refractivity contribution in [1.82, 2.24) is 10.2 Å². The summed E-state index contributed by atoms with van der Waals surface area (Å²) in [6.45, 7) is 9.77. The lowest BCUT2D eigenvalue weighted by molar-refractivity contribution is -0.133. The summed E-state index contributed by atoms with van der Waals surface area (Å²) in [5, 5.41) is 3.32. The number of hydrogen-bond donors (Lipinski definition) is 1. The molecule has 0 bridgehead atoms. The summed E-state index contributed by atoms with van der Waals surface area (Å²) < 4.78 is 5.30. The van der Waals surface area contributed by atoms with Gasteiger partial charge in [0.15, 0.2) is 0 Å². The van der Waals surface area contributed by atoms with E-state index in [-0.39, 0.29) is 18.3 Å². The summed E-state index contributed by atoms with van der Waals surface area (Å²) in [5.41, 5.74) is 0. The number of amides is 1. The first-order valence-electron chi connectivity index (χ1n) is 6.98. The number of hydrogen-bond acceptors (Lipinski definition) is 3. The van der Waals surface area contributed by atoms with E-state index in [2.05, 4.69) is 18.8 Å². The van der Waals surface area contributed by atoms with Gasteiger partial charge in [-0.1, -0.05) is 13.0 Å². The number of halogens is 1. The smallest absolute Gasteiger partial charge is 0.222 e. The van der Waals surface area contributed by atoms with E-state index in [1.54, 1.807) is 6.08 Å². The van der Waals surface area contributed by atoms with Gasteiger partial charge in [-0.05, 0) is 25.8 Å². The van der Waals surface area contributed by atoms with E-state index in [4.69, 9.17) is 4.74 Å². The van der Waals surface area contributed by atoms with Gasteiger partial charge < -0.3 is 15.0 Å². The van der Waals surface area contributed by atoms with Crippen LogP contribution in [0.1, 0.15) is 32.6 Å². The van der Waals surface area contributed by atoms with Crippen molar-refractivity contribution in [2.45, 2.75) is 38.6 Å². The fourth-order valence-electron chi connectivity index (χ4n) is 2.29. The minimum atomic E-state index is 0. The lowest BCUT2D eigenvalue weighted by Gasteiger charge is -2.28. The monoisotopic (exact) mass is 290 g/mol. The van der Waals surface area contributed by atoms with Gasteiger partial charge in [-0.2, -0.15) is 0 Å². The van der Waals surface area contributed by atoms with E-state index in [1.165, 1.54) is 0 Å². The Morgan fingerprint density at radius 2 is 2.37 bits per heavy atom. The maximum atomic E-state index is 12.2. The van der Waals surface area contributed by atoms with E-state index < -0.39 is 0 Å². The van der Waals surface area contributed by atoms with Crippen LogP contribution in [-0.4, -0.2) is 49.7 Å². The standard InChI is InChI=1S/C14H26N2O2.ClH/c1-3-9-16(13-7-8-15-12-13)14(17)6-5-11-18-10-4-2;/h4,13,15H,2-3,5-12H2,1H3;1H. The average molecular weight is 291 g/mol. The lowest BCUT2D eigenvalue weighted by atomic mass is 10.1. The molecular weight excluding hydrogens is 264 g/mol. The Balaban J connectivity index is 0.00000324. The molecule has 1 fully saturated rings. The summed E-state index contributed by atoms with van der Waals surface area (Å²) in [5.74, 6) is 0.271. The molecule has 0 aromatic heterocycles. The van der Waals surface area contributed by atoms with Crippen LogP contribution in [0.25, 0.3) is 0 Å². The van der Waals surface area contributed by atoms with Gasteiger partial charge in [0.05, 0.1) is 6.61 Å². The summed E-state index contributed by atoms with van der Waals surface area (Å²) in [7, 11) is 0. The lowest BCUT2D eigenvalue weighted by Crippen LogP contribution is -2.42. The maximum absolute atomic E-state index is 12.2. The van der Waals surface area contributed by atoms with E-state index in [0.29, 0.717) is 25.7 Å². The van der Waals surface area contributed by atoms with Crippen LogP contribution in [-0.2, 0) is 9.53 Å². The first-order valence-corrected chi connectivity index (χ1v) is 6.98. The molecular formula is C14H27ClN2O2. The second kappa shape index (κ2) is 11.3. The van der Waals surface area contributed by atoms with Crippen molar-refractivity contribution in [3.8, 4) is 0 Å². The summed E-state index contributed by atoms with van der Waals surface area (Å²) >= 11 is 0. The SMILES string of the molecule is C=CCOCCCC(=O)N(CCC)C1CCNC1.Cl. The van der Waals surface area contributed by atoms with E-state index in [0.717, 1.165) is 38.9 Å². The predicted octanol–water partition coefficient (Wildman–Crippen LogP) is 1.99. The second-order valence-corrected chi connectivity index (χ2v) is 4.70. The Kier molecular flexibility index (Phi) is 10.9. The molecule has 1 amide bonds. The zero-order valence-corrected chi connectivity index (χ0v) is 12.7. The highest BCUT2D eigenvalue weighted by atomic mass is 35.5. The van der Waals surface area contributed by atoms with Crippen LogP contribution in [0.15, 0.2) is 12.7 Å². The first kappa shape index (κ1) is 18.4. The van der Waals surface area contributed by atoms with Crippen LogP contribution in [0.3, 0.4) is 0 Å². The Morgan fingerprint density at radius 1 is 1.58 bits per heavy atom. The van der Waals surface area contributed by atoms with Gasteiger partial charge in [0.1, 0.15) is 0 Å². The molecule has 5 heteroatoms. The Hall–Kier alpha value is -0.580. The molecule has 1 saturated heterocycles. The van der Waals surface area contributed by atoms with Gasteiger partial charge in [-0.3, -0.25) is 4.79 Å². The van der Waals surface area contributed by atoms with Gasteiger partial charge in [0.2, 0.25) is 5.91 Å². The fourth-order valence-corrected chi connectivity index (χ4v) is 2.29. The van der Waals surface area contributed by atoms with Crippen molar-refractivity contribution < 1.29 is 9.53 Å². The number of rotatable bonds is 9. The topological polar surface area (TPSA) is 41.6 Å². The molecule has 1 aliphatic rings. The van der Waals surface area contributed by atoms with Crippen molar-refractivity contribution in [3.63, 3.8) is 0 Å². The van der Waals surface area contributed by atoms with Crippen molar-refractivity contribution in [2.75, 3.05) is 32.8 Å². The van der Waals surface area contributed by atoms with Crippen LogP contribution in [0.2, 0.25) is 0 Å². The number of carbonyl (C=O) groups excluding carboxylic acids is 1. The highest BCUT2D eigenvalue weighted by Crippen LogP contribution is 2.11. The Morgan fingerprint density at radius 3 is 2.95 bits per heavy atom. The third-order valence-corrected chi connectivity index (χ3v) is 3.17. The van der Waals surface area contributed by atoms with Gasteiger partial charge in [0, 0.05) is 32.2 Å². The van der Waals surface area contributed by atoms with Crippen molar-refractivity contribution in [1.29, 1.82) is 0 Å². The van der Waals surface area contributed by atoms with Gasteiger partial charge in [0.25, 0.3) is 0 Å². The molecule has 112 valence electrons. The Bertz CT molecular complexity index is 256. The molecule has 1 rings (SSSR count). The zero-order valence-electron chi connectivity index (χ0n) is 11.9. The number of nitrogens with one attached hydrogen (secondary N) is 1. The molecule has 1 N–H and O–H groups in total. The largest absolute Gasteiger partial charge is 0.377 e. The van der Waals surface area contributed by atoms with Crippen molar-refractivity contribution in [2.24, 2.45) is 0 Å². The molecule has 0 spiro atoms. The van der Waals surface area contributed by atoms with Crippen LogP contribution in [0.4, 0.5) is 0 Å². The van der Waals surface area contributed by atoms with Gasteiger partial charge in [-0.15, -0.1) is 19.0 Å². The molecule has 0 saturated carbocycles. The Labute approximate surface area is 123 Å². The molecule has 1 unspecified atom stereocenters. The van der Waals surface area contributed by atoms with Crippen molar-refractivity contribution >= 4 is 18.3 Å². The van der Waals surface area contributed by atoms with E-state index in [1.807, 2.05) is 4.90 Å². The molecule has 1 atom stereocenters. The summed E-state index contributed by atoms with van der Waals surface area (Å²) in [4.78, 5) is 14.2. The molecule has 0 aromatic rings. The number of ether oxygens (including phenoxy) is 1. The van der Waals surface area contributed by atoms with Crippen molar-refractivity contribution in [3.05, 3.63) is 12.7 Å². The van der Waals surface area contributed by atoms with Crippen LogP contribution in [0, 0.1) is 0 Å². The maximum Gasteiger partial charge on any atom is 0.222 e. The molecule has 1 aliphatic heterocycles. The third kappa shape index (κ3) is 6.95. The fraction of sp³-hybridized carbons (Fsp3) is 0.786. The van der Waals surface area contributed by atoms with E-state index in [9.17, 15) is 4.79 Å². The molecule has 0 aromatic carbocycles. The molecule has 0 radical (unpaired) electrons. The van der Waals surface area contributed by atoms with Crippen LogP contribution in [0.5, 0.6) is 0 Å². The van der Waals surface area contributed by atoms with Gasteiger partial charge >= 0.3 is 0 Å².